The van der Waals surface area contributed by atoms with Crippen LogP contribution in [0.5, 0.6) is 0 Å². The van der Waals surface area contributed by atoms with E-state index in [4.69, 9.17) is 4.52 Å². The Bertz CT molecular complexity index is 320. The predicted octanol–water partition coefficient (Wildman–Crippen LogP) is 3.07. The van der Waals surface area contributed by atoms with Crippen LogP contribution in [0.2, 0.25) is 0 Å². The van der Waals surface area contributed by atoms with Crippen LogP contribution in [0.15, 0.2) is 4.52 Å². The molecule has 4 nitrogen and oxygen atoms in total. The predicted molar refractivity (Wildman–Crippen MR) is 68.7 cm³/mol. The van der Waals surface area contributed by atoms with Crippen molar-refractivity contribution in [3.8, 4) is 0 Å². The number of unbranched alkanes of at least 4 members (excludes halogenated alkanes) is 2. The minimum atomic E-state index is 0.341. The van der Waals surface area contributed by atoms with Crippen molar-refractivity contribution in [3.63, 3.8) is 0 Å². The lowest BCUT2D eigenvalue weighted by Gasteiger charge is -2.24. The highest BCUT2D eigenvalue weighted by molar-refractivity contribution is 4.83. The summed E-state index contributed by atoms with van der Waals surface area (Å²) in [7, 11) is 0. The molecule has 1 rings (SSSR count). The van der Waals surface area contributed by atoms with E-state index in [-0.39, 0.29) is 0 Å². The first kappa shape index (κ1) is 14.2. The van der Waals surface area contributed by atoms with Crippen LogP contribution in [0, 0.1) is 12.3 Å². The zero-order valence-corrected chi connectivity index (χ0v) is 11.5. The zero-order chi connectivity index (χ0) is 12.7. The van der Waals surface area contributed by atoms with Gasteiger partial charge in [0.15, 0.2) is 5.82 Å². The molecule has 98 valence electrons. The van der Waals surface area contributed by atoms with E-state index in [1.165, 1.54) is 25.7 Å². The molecular weight excluding hydrogens is 214 g/mol. The molecule has 1 N–H and O–H groups in total. The third kappa shape index (κ3) is 5.82. The van der Waals surface area contributed by atoms with E-state index in [2.05, 4.69) is 36.2 Å². The van der Waals surface area contributed by atoms with E-state index in [0.717, 1.165) is 12.4 Å². The Labute approximate surface area is 104 Å². The second-order valence-electron chi connectivity index (χ2n) is 5.45. The maximum Gasteiger partial charge on any atom is 0.223 e. The minimum Gasteiger partial charge on any atom is -0.340 e. The molecule has 1 heterocycles. The number of hydrogen-bond acceptors (Lipinski definition) is 4. The van der Waals surface area contributed by atoms with Crippen LogP contribution in [0.25, 0.3) is 0 Å². The van der Waals surface area contributed by atoms with Crippen molar-refractivity contribution >= 4 is 0 Å². The molecule has 0 amide bonds. The van der Waals surface area contributed by atoms with Crippen LogP contribution in [0.1, 0.15) is 58.2 Å². The normalized spacial score (nSPS) is 12.0. The van der Waals surface area contributed by atoms with E-state index in [1.54, 1.807) is 0 Å². The summed E-state index contributed by atoms with van der Waals surface area (Å²) in [5.41, 5.74) is 0.341. The molecule has 4 heteroatoms. The summed E-state index contributed by atoms with van der Waals surface area (Å²) in [6.45, 7) is 10.3. The van der Waals surface area contributed by atoms with Gasteiger partial charge in [-0.1, -0.05) is 45.2 Å². The molecule has 0 spiro atoms. The van der Waals surface area contributed by atoms with Gasteiger partial charge in [-0.2, -0.15) is 4.98 Å². The highest BCUT2D eigenvalue weighted by Crippen LogP contribution is 2.22. The van der Waals surface area contributed by atoms with Crippen molar-refractivity contribution in [2.45, 2.75) is 59.9 Å². The maximum atomic E-state index is 4.93. The van der Waals surface area contributed by atoms with Gasteiger partial charge in [-0.15, -0.1) is 0 Å². The van der Waals surface area contributed by atoms with E-state index < -0.39 is 0 Å². The van der Waals surface area contributed by atoms with Crippen LogP contribution in [-0.2, 0) is 6.54 Å². The topological polar surface area (TPSA) is 51.0 Å². The Morgan fingerprint density at radius 3 is 2.65 bits per heavy atom. The summed E-state index contributed by atoms with van der Waals surface area (Å²) in [5.74, 6) is 1.37. The van der Waals surface area contributed by atoms with Crippen LogP contribution in [0.4, 0.5) is 0 Å². The van der Waals surface area contributed by atoms with Crippen molar-refractivity contribution in [1.82, 2.24) is 15.5 Å². The molecular formula is C13H25N3O. The molecule has 0 atom stereocenters. The second kappa shape index (κ2) is 6.74. The van der Waals surface area contributed by atoms with Crippen LogP contribution in [0.3, 0.4) is 0 Å². The summed E-state index contributed by atoms with van der Waals surface area (Å²) in [6, 6.07) is 0. The third-order valence-electron chi connectivity index (χ3n) is 2.91. The van der Waals surface area contributed by atoms with Crippen molar-refractivity contribution in [2.75, 3.05) is 6.54 Å². The zero-order valence-electron chi connectivity index (χ0n) is 11.5. The molecule has 0 aliphatic heterocycles. The molecule has 17 heavy (non-hydrogen) atoms. The summed E-state index contributed by atoms with van der Waals surface area (Å²) >= 11 is 0. The number of nitrogens with one attached hydrogen (secondary N) is 1. The molecule has 1 aromatic heterocycles. The van der Waals surface area contributed by atoms with Crippen LogP contribution in [-0.4, -0.2) is 16.7 Å². The van der Waals surface area contributed by atoms with Gasteiger partial charge in [0.1, 0.15) is 0 Å². The van der Waals surface area contributed by atoms with Gasteiger partial charge in [0.05, 0.1) is 6.54 Å². The molecule has 0 bridgehead atoms. The van der Waals surface area contributed by atoms with Crippen molar-refractivity contribution in [2.24, 2.45) is 5.41 Å². The van der Waals surface area contributed by atoms with E-state index in [0.29, 0.717) is 17.9 Å². The first-order valence-electron chi connectivity index (χ1n) is 6.53. The summed E-state index contributed by atoms with van der Waals surface area (Å²) in [5, 5.41) is 7.26. The Hall–Kier alpha value is -0.900. The number of nitrogens with zero attached hydrogens (tertiary/aromatic N) is 2. The summed E-state index contributed by atoms with van der Waals surface area (Å²) in [4.78, 5) is 4.17. The molecule has 0 saturated carbocycles. The van der Waals surface area contributed by atoms with Crippen LogP contribution >= 0.6 is 0 Å². The Morgan fingerprint density at radius 2 is 2.06 bits per heavy atom. The van der Waals surface area contributed by atoms with Gasteiger partial charge in [0.25, 0.3) is 0 Å². The van der Waals surface area contributed by atoms with Gasteiger partial charge >= 0.3 is 0 Å². The molecule has 0 aliphatic carbocycles. The lowest BCUT2D eigenvalue weighted by Crippen LogP contribution is -2.29. The Kier molecular flexibility index (Phi) is 5.62. The van der Waals surface area contributed by atoms with Gasteiger partial charge in [-0.25, -0.2) is 0 Å². The fourth-order valence-corrected chi connectivity index (χ4v) is 1.87. The van der Waals surface area contributed by atoms with Gasteiger partial charge in [-0.05, 0) is 11.8 Å². The van der Waals surface area contributed by atoms with Gasteiger partial charge in [0, 0.05) is 13.5 Å². The molecule has 0 unspecified atom stereocenters. The average molecular weight is 239 g/mol. The van der Waals surface area contributed by atoms with E-state index in [9.17, 15) is 0 Å². The number of rotatable bonds is 8. The van der Waals surface area contributed by atoms with Crippen molar-refractivity contribution < 1.29 is 4.52 Å². The van der Waals surface area contributed by atoms with E-state index in [1.807, 2.05) is 6.92 Å². The van der Waals surface area contributed by atoms with Crippen LogP contribution < -0.4 is 5.32 Å². The highest BCUT2D eigenvalue weighted by Gasteiger charge is 2.16. The van der Waals surface area contributed by atoms with E-state index >= 15 is 0 Å². The number of hydrogen-bond donors (Lipinski definition) is 1. The fourth-order valence-electron chi connectivity index (χ4n) is 1.87. The number of aryl methyl sites for hydroxylation is 1. The molecule has 1 aromatic rings. The standard InChI is InChI=1S/C13H25N3O/c1-5-6-7-8-13(3,4)10-14-9-12-15-11(2)17-16-12/h14H,5-10H2,1-4H3. The first-order chi connectivity index (χ1) is 8.03. The van der Waals surface area contributed by atoms with Gasteiger partial charge < -0.3 is 9.84 Å². The monoisotopic (exact) mass is 239 g/mol. The lowest BCUT2D eigenvalue weighted by atomic mass is 9.87. The first-order valence-corrected chi connectivity index (χ1v) is 6.53. The summed E-state index contributed by atoms with van der Waals surface area (Å²) < 4.78 is 4.93. The lowest BCUT2D eigenvalue weighted by molar-refractivity contribution is 0.299. The quantitative estimate of drug-likeness (QED) is 0.708. The minimum absolute atomic E-state index is 0.341. The smallest absolute Gasteiger partial charge is 0.223 e. The average Bonchev–Trinajstić information content (AvgIpc) is 2.64. The van der Waals surface area contributed by atoms with Crippen molar-refractivity contribution in [3.05, 3.63) is 11.7 Å². The molecule has 0 aliphatic rings. The Morgan fingerprint density at radius 1 is 1.29 bits per heavy atom. The largest absolute Gasteiger partial charge is 0.340 e. The Balaban J connectivity index is 2.20. The SMILES string of the molecule is CCCCCC(C)(C)CNCc1noc(C)n1. The fraction of sp³-hybridized carbons (Fsp3) is 0.846. The molecule has 0 aromatic carbocycles. The van der Waals surface area contributed by atoms with Gasteiger partial charge in [0.2, 0.25) is 5.89 Å². The van der Waals surface area contributed by atoms with Crippen molar-refractivity contribution in [1.29, 1.82) is 0 Å². The highest BCUT2D eigenvalue weighted by atomic mass is 16.5. The summed E-state index contributed by atoms with van der Waals surface area (Å²) in [6.07, 6.45) is 5.19. The molecule has 0 fully saturated rings. The third-order valence-corrected chi connectivity index (χ3v) is 2.91. The van der Waals surface area contributed by atoms with Gasteiger partial charge in [-0.3, -0.25) is 0 Å². The number of aromatic nitrogens is 2. The maximum absolute atomic E-state index is 4.93. The molecule has 0 saturated heterocycles. The second-order valence-corrected chi connectivity index (χ2v) is 5.45. The molecule has 0 radical (unpaired) electrons.